The van der Waals surface area contributed by atoms with Gasteiger partial charge in [-0.15, -0.1) is 0 Å². The van der Waals surface area contributed by atoms with Gasteiger partial charge in [-0.3, -0.25) is 4.79 Å². The highest BCUT2D eigenvalue weighted by Crippen LogP contribution is 2.18. The van der Waals surface area contributed by atoms with E-state index in [-0.39, 0.29) is 17.1 Å². The average Bonchev–Trinajstić information content (AvgIpc) is 2.55. The highest BCUT2D eigenvalue weighted by Gasteiger charge is 2.26. The quantitative estimate of drug-likeness (QED) is 0.770. The molecule has 0 heterocycles. The molecule has 0 radical (unpaired) electrons. The van der Waals surface area contributed by atoms with Gasteiger partial charge in [0.15, 0.2) is 5.78 Å². The van der Waals surface area contributed by atoms with Crippen LogP contribution >= 0.6 is 0 Å². The third kappa shape index (κ3) is 3.61. The minimum atomic E-state index is -3.58. The maximum Gasteiger partial charge on any atom is 0.243 e. The van der Waals surface area contributed by atoms with Gasteiger partial charge in [-0.05, 0) is 19.1 Å². The smallest absolute Gasteiger partial charge is 0.243 e. The number of carbonyl (C=O) groups excluding carboxylic acids is 1. The first-order valence-electron chi connectivity index (χ1n) is 7.04. The molecule has 4 nitrogen and oxygen atoms in total. The van der Waals surface area contributed by atoms with E-state index in [2.05, 4.69) is 0 Å². The zero-order chi connectivity index (χ0) is 16.2. The van der Waals surface area contributed by atoms with E-state index in [1.807, 2.05) is 6.07 Å². The number of Topliss-reactive ketones (excluding diaryl/α,β-unsaturated/α-hetero) is 1. The van der Waals surface area contributed by atoms with Crippen LogP contribution in [0.3, 0.4) is 0 Å². The van der Waals surface area contributed by atoms with Crippen LogP contribution in [0.4, 0.5) is 0 Å². The summed E-state index contributed by atoms with van der Waals surface area (Å²) in [5.74, 6) is -0.0665. The summed E-state index contributed by atoms with van der Waals surface area (Å²) in [4.78, 5) is 12.4. The summed E-state index contributed by atoms with van der Waals surface area (Å²) in [6.45, 7) is 1.74. The summed E-state index contributed by atoms with van der Waals surface area (Å²) in [7, 11) is -2.08. The lowest BCUT2D eigenvalue weighted by Crippen LogP contribution is -2.36. The molecule has 116 valence electrons. The average molecular weight is 317 g/mol. The summed E-state index contributed by atoms with van der Waals surface area (Å²) in [5, 5.41) is 0. The Morgan fingerprint density at radius 2 is 1.50 bits per heavy atom. The Kier molecular flexibility index (Phi) is 5.11. The third-order valence-corrected chi connectivity index (χ3v) is 5.60. The van der Waals surface area contributed by atoms with E-state index in [1.165, 1.54) is 11.4 Å². The monoisotopic (exact) mass is 317 g/mol. The van der Waals surface area contributed by atoms with Crippen LogP contribution in [0, 0.1) is 0 Å². The van der Waals surface area contributed by atoms with Crippen molar-refractivity contribution in [3.05, 3.63) is 66.2 Å². The fourth-order valence-corrected chi connectivity index (χ4v) is 3.52. The van der Waals surface area contributed by atoms with Crippen molar-refractivity contribution in [2.45, 2.75) is 24.3 Å². The van der Waals surface area contributed by atoms with Gasteiger partial charge >= 0.3 is 0 Å². The number of hydrogen-bond acceptors (Lipinski definition) is 3. The molecule has 0 fully saturated rings. The van der Waals surface area contributed by atoms with Crippen LogP contribution in [0.15, 0.2) is 65.6 Å². The van der Waals surface area contributed by atoms with Crippen molar-refractivity contribution in [3.63, 3.8) is 0 Å². The molecule has 1 unspecified atom stereocenters. The van der Waals surface area contributed by atoms with Gasteiger partial charge in [0.2, 0.25) is 10.0 Å². The van der Waals surface area contributed by atoms with Crippen LogP contribution < -0.4 is 0 Å². The molecule has 0 N–H and O–H groups in total. The van der Waals surface area contributed by atoms with E-state index in [9.17, 15) is 13.2 Å². The number of rotatable bonds is 6. The molecule has 0 spiro atoms. The van der Waals surface area contributed by atoms with Crippen molar-refractivity contribution in [2.24, 2.45) is 0 Å². The van der Waals surface area contributed by atoms with Crippen LogP contribution in [-0.2, 0) is 10.0 Å². The molecule has 2 aromatic rings. The minimum absolute atomic E-state index is 0.0665. The third-order valence-electron chi connectivity index (χ3n) is 3.62. The number of benzene rings is 2. The van der Waals surface area contributed by atoms with Crippen LogP contribution in [0.2, 0.25) is 0 Å². The second-order valence-corrected chi connectivity index (χ2v) is 7.17. The number of hydrogen-bond donors (Lipinski definition) is 0. The first-order valence-corrected chi connectivity index (χ1v) is 8.48. The number of ketones is 1. The molecule has 22 heavy (non-hydrogen) atoms. The van der Waals surface area contributed by atoms with Crippen LogP contribution in [0.1, 0.15) is 23.7 Å². The molecular formula is C17H19NO3S. The van der Waals surface area contributed by atoms with E-state index >= 15 is 0 Å². The predicted octanol–water partition coefficient (Wildman–Crippen LogP) is 2.97. The van der Waals surface area contributed by atoms with Crippen LogP contribution in [0.5, 0.6) is 0 Å². The molecule has 0 amide bonds. The molecule has 2 rings (SSSR count). The Balaban J connectivity index is 2.13. The maximum atomic E-state index is 12.5. The fourth-order valence-electron chi connectivity index (χ4n) is 2.13. The van der Waals surface area contributed by atoms with Crippen molar-refractivity contribution in [1.29, 1.82) is 0 Å². The highest BCUT2D eigenvalue weighted by atomic mass is 32.2. The molecule has 0 aliphatic carbocycles. The summed E-state index contributed by atoms with van der Waals surface area (Å²) < 4.78 is 26.3. The van der Waals surface area contributed by atoms with Crippen molar-refractivity contribution < 1.29 is 13.2 Å². The second kappa shape index (κ2) is 6.85. The molecule has 0 saturated carbocycles. The first kappa shape index (κ1) is 16.4. The molecule has 2 aromatic carbocycles. The summed E-state index contributed by atoms with van der Waals surface area (Å²) in [5.41, 5.74) is 0.597. The molecule has 0 aliphatic heterocycles. The molecule has 0 saturated heterocycles. The summed E-state index contributed by atoms with van der Waals surface area (Å²) in [6, 6.07) is 16.7. The molecule has 0 aliphatic rings. The molecular weight excluding hydrogens is 298 g/mol. The van der Waals surface area contributed by atoms with E-state index in [1.54, 1.807) is 61.5 Å². The lowest BCUT2D eigenvalue weighted by atomic mass is 10.1. The van der Waals surface area contributed by atoms with E-state index in [0.717, 1.165) is 0 Å². The predicted molar refractivity (Wildman–Crippen MR) is 86.2 cm³/mol. The van der Waals surface area contributed by atoms with Gasteiger partial charge < -0.3 is 0 Å². The molecule has 1 atom stereocenters. The number of sulfonamides is 1. The Morgan fingerprint density at radius 1 is 1.00 bits per heavy atom. The fraction of sp³-hybridized carbons (Fsp3) is 0.235. The van der Waals surface area contributed by atoms with Crippen LogP contribution in [-0.4, -0.2) is 31.6 Å². The summed E-state index contributed by atoms with van der Waals surface area (Å²) in [6.07, 6.45) is 0.145. The lowest BCUT2D eigenvalue weighted by Gasteiger charge is -2.23. The van der Waals surface area contributed by atoms with Crippen molar-refractivity contribution in [1.82, 2.24) is 4.31 Å². The Bertz CT molecular complexity index is 727. The standard InChI is InChI=1S/C17H19NO3S/c1-14(13-17(19)15-9-5-3-6-10-15)18(2)22(20,21)16-11-7-4-8-12-16/h3-12,14H,13H2,1-2H3. The topological polar surface area (TPSA) is 54.5 Å². The van der Waals surface area contributed by atoms with Gasteiger partial charge in [0.05, 0.1) is 4.90 Å². The Morgan fingerprint density at radius 3 is 2.05 bits per heavy atom. The Labute approximate surface area is 131 Å². The highest BCUT2D eigenvalue weighted by molar-refractivity contribution is 7.89. The minimum Gasteiger partial charge on any atom is -0.294 e. The van der Waals surface area contributed by atoms with E-state index < -0.39 is 16.1 Å². The van der Waals surface area contributed by atoms with Gasteiger partial charge in [-0.2, -0.15) is 4.31 Å². The number of carbonyl (C=O) groups is 1. The second-order valence-electron chi connectivity index (χ2n) is 5.18. The molecule has 5 heteroatoms. The van der Waals surface area contributed by atoms with Crippen molar-refractivity contribution >= 4 is 15.8 Å². The zero-order valence-electron chi connectivity index (χ0n) is 12.6. The normalized spacial score (nSPS) is 13.0. The first-order chi connectivity index (χ1) is 10.4. The van der Waals surface area contributed by atoms with Crippen molar-refractivity contribution in [2.75, 3.05) is 7.05 Å². The van der Waals surface area contributed by atoms with E-state index in [4.69, 9.17) is 0 Å². The van der Waals surface area contributed by atoms with Gasteiger partial charge in [0, 0.05) is 25.1 Å². The van der Waals surface area contributed by atoms with Gasteiger partial charge in [-0.1, -0.05) is 48.5 Å². The molecule has 0 aromatic heterocycles. The van der Waals surface area contributed by atoms with Gasteiger partial charge in [0.1, 0.15) is 0 Å². The SMILES string of the molecule is CC(CC(=O)c1ccccc1)N(C)S(=O)(=O)c1ccccc1. The van der Waals surface area contributed by atoms with E-state index in [0.29, 0.717) is 5.56 Å². The van der Waals surface area contributed by atoms with Crippen LogP contribution in [0.25, 0.3) is 0 Å². The summed E-state index contributed by atoms with van der Waals surface area (Å²) >= 11 is 0. The van der Waals surface area contributed by atoms with Gasteiger partial charge in [-0.25, -0.2) is 8.42 Å². The lowest BCUT2D eigenvalue weighted by molar-refractivity contribution is 0.0962. The Hall–Kier alpha value is -1.98. The van der Waals surface area contributed by atoms with Gasteiger partial charge in [0.25, 0.3) is 0 Å². The zero-order valence-corrected chi connectivity index (χ0v) is 13.5. The largest absolute Gasteiger partial charge is 0.294 e. The maximum absolute atomic E-state index is 12.5. The number of nitrogens with zero attached hydrogens (tertiary/aromatic N) is 1. The van der Waals surface area contributed by atoms with Crippen molar-refractivity contribution in [3.8, 4) is 0 Å². The molecule has 0 bridgehead atoms.